The molecule has 1 saturated heterocycles. The van der Waals surface area contributed by atoms with Crippen molar-refractivity contribution in [1.82, 2.24) is 19.7 Å². The SMILES string of the molecule is CCN1CCC(Cc2nc3n(n2)CC(N)CC3)CC1. The van der Waals surface area contributed by atoms with Crippen molar-refractivity contribution in [1.29, 1.82) is 0 Å². The Balaban J connectivity index is 1.59. The standard InChI is InChI=1S/C14H25N5/c1-2-18-7-5-11(6-8-18)9-13-16-14-4-3-12(15)10-19(14)17-13/h11-12H,2-10,15H2,1H3. The van der Waals surface area contributed by atoms with Crippen molar-refractivity contribution < 1.29 is 0 Å². The average Bonchev–Trinajstić information content (AvgIpc) is 2.81. The van der Waals surface area contributed by atoms with Crippen LogP contribution in [0.3, 0.4) is 0 Å². The Kier molecular flexibility index (Phi) is 3.84. The number of hydrogen-bond acceptors (Lipinski definition) is 4. The Morgan fingerprint density at radius 1 is 1.26 bits per heavy atom. The van der Waals surface area contributed by atoms with E-state index >= 15 is 0 Å². The van der Waals surface area contributed by atoms with Crippen LogP contribution in [0.5, 0.6) is 0 Å². The number of aromatic nitrogens is 3. The summed E-state index contributed by atoms with van der Waals surface area (Å²) >= 11 is 0. The first-order chi connectivity index (χ1) is 9.24. The number of piperidine rings is 1. The summed E-state index contributed by atoms with van der Waals surface area (Å²) in [5.41, 5.74) is 5.98. The van der Waals surface area contributed by atoms with E-state index in [0.29, 0.717) is 0 Å². The van der Waals surface area contributed by atoms with Gasteiger partial charge in [0, 0.05) is 18.9 Å². The lowest BCUT2D eigenvalue weighted by Crippen LogP contribution is -2.34. The number of rotatable bonds is 3. The van der Waals surface area contributed by atoms with Gasteiger partial charge in [0.15, 0.2) is 5.82 Å². The monoisotopic (exact) mass is 263 g/mol. The van der Waals surface area contributed by atoms with Crippen molar-refractivity contribution in [3.8, 4) is 0 Å². The maximum atomic E-state index is 5.98. The van der Waals surface area contributed by atoms with Crippen LogP contribution in [0.25, 0.3) is 0 Å². The highest BCUT2D eigenvalue weighted by molar-refractivity contribution is 4.99. The van der Waals surface area contributed by atoms with Crippen LogP contribution < -0.4 is 5.73 Å². The predicted molar refractivity (Wildman–Crippen MR) is 74.9 cm³/mol. The second-order valence-corrected chi connectivity index (χ2v) is 6.01. The summed E-state index contributed by atoms with van der Waals surface area (Å²) in [5, 5.41) is 4.65. The molecule has 0 aromatic carbocycles. The van der Waals surface area contributed by atoms with Crippen molar-refractivity contribution in [2.75, 3.05) is 19.6 Å². The molecule has 0 radical (unpaired) electrons. The van der Waals surface area contributed by atoms with Crippen molar-refractivity contribution in [3.05, 3.63) is 11.6 Å². The molecule has 3 rings (SSSR count). The number of nitrogens with zero attached hydrogens (tertiary/aromatic N) is 4. The van der Waals surface area contributed by atoms with Gasteiger partial charge in [-0.25, -0.2) is 9.67 Å². The highest BCUT2D eigenvalue weighted by atomic mass is 15.4. The van der Waals surface area contributed by atoms with Crippen molar-refractivity contribution in [3.63, 3.8) is 0 Å². The van der Waals surface area contributed by atoms with Gasteiger partial charge in [-0.1, -0.05) is 6.92 Å². The molecule has 0 amide bonds. The van der Waals surface area contributed by atoms with Crippen LogP contribution >= 0.6 is 0 Å². The molecule has 5 nitrogen and oxygen atoms in total. The molecular weight excluding hydrogens is 238 g/mol. The van der Waals surface area contributed by atoms with Crippen LogP contribution in [-0.4, -0.2) is 45.3 Å². The molecule has 1 unspecified atom stereocenters. The first kappa shape index (κ1) is 13.1. The van der Waals surface area contributed by atoms with Crippen molar-refractivity contribution in [2.24, 2.45) is 11.7 Å². The van der Waals surface area contributed by atoms with Gasteiger partial charge in [-0.3, -0.25) is 0 Å². The fraction of sp³-hybridized carbons (Fsp3) is 0.857. The van der Waals surface area contributed by atoms with Gasteiger partial charge in [0.25, 0.3) is 0 Å². The topological polar surface area (TPSA) is 60.0 Å². The molecule has 19 heavy (non-hydrogen) atoms. The van der Waals surface area contributed by atoms with Gasteiger partial charge in [-0.05, 0) is 44.8 Å². The molecule has 5 heteroatoms. The Bertz CT molecular complexity index is 419. The normalized spacial score (nSPS) is 25.5. The molecule has 106 valence electrons. The first-order valence-electron chi connectivity index (χ1n) is 7.65. The molecule has 1 atom stereocenters. The average molecular weight is 263 g/mol. The Labute approximate surface area is 115 Å². The van der Waals surface area contributed by atoms with Gasteiger partial charge in [-0.15, -0.1) is 0 Å². The summed E-state index contributed by atoms with van der Waals surface area (Å²) in [6.07, 6.45) is 5.66. The van der Waals surface area contributed by atoms with E-state index in [-0.39, 0.29) is 6.04 Å². The van der Waals surface area contributed by atoms with Crippen molar-refractivity contribution in [2.45, 2.75) is 51.6 Å². The van der Waals surface area contributed by atoms with Crippen LogP contribution in [0.2, 0.25) is 0 Å². The van der Waals surface area contributed by atoms with E-state index in [4.69, 9.17) is 10.7 Å². The molecule has 1 aromatic rings. The Hall–Kier alpha value is -0.940. The molecule has 3 heterocycles. The van der Waals surface area contributed by atoms with E-state index in [0.717, 1.165) is 43.4 Å². The minimum Gasteiger partial charge on any atom is -0.326 e. The van der Waals surface area contributed by atoms with E-state index in [1.165, 1.54) is 32.5 Å². The maximum Gasteiger partial charge on any atom is 0.151 e. The Morgan fingerprint density at radius 2 is 2.05 bits per heavy atom. The lowest BCUT2D eigenvalue weighted by Gasteiger charge is -2.30. The molecule has 1 aromatic heterocycles. The molecular formula is C14H25N5. The highest BCUT2D eigenvalue weighted by Gasteiger charge is 2.23. The third kappa shape index (κ3) is 2.98. The summed E-state index contributed by atoms with van der Waals surface area (Å²) < 4.78 is 2.03. The molecule has 2 aliphatic rings. The molecule has 2 aliphatic heterocycles. The largest absolute Gasteiger partial charge is 0.326 e. The third-order valence-electron chi connectivity index (χ3n) is 4.56. The number of hydrogen-bond donors (Lipinski definition) is 1. The summed E-state index contributed by atoms with van der Waals surface area (Å²) in [5.74, 6) is 2.95. The summed E-state index contributed by atoms with van der Waals surface area (Å²) in [4.78, 5) is 7.23. The summed E-state index contributed by atoms with van der Waals surface area (Å²) in [7, 11) is 0. The van der Waals surface area contributed by atoms with Crippen LogP contribution in [-0.2, 0) is 19.4 Å². The summed E-state index contributed by atoms with van der Waals surface area (Å²) in [6, 6.07) is 0.259. The number of fused-ring (bicyclic) bond motifs is 1. The van der Waals surface area contributed by atoms with Crippen LogP contribution in [0.15, 0.2) is 0 Å². The smallest absolute Gasteiger partial charge is 0.151 e. The summed E-state index contributed by atoms with van der Waals surface area (Å²) in [6.45, 7) is 6.74. The number of nitrogens with two attached hydrogens (primary N) is 1. The number of likely N-dealkylation sites (tertiary alicyclic amines) is 1. The van der Waals surface area contributed by atoms with Crippen LogP contribution in [0.1, 0.15) is 37.8 Å². The number of aryl methyl sites for hydroxylation is 1. The van der Waals surface area contributed by atoms with Gasteiger partial charge < -0.3 is 10.6 Å². The van der Waals surface area contributed by atoms with E-state index in [1.807, 2.05) is 4.68 Å². The molecule has 0 aliphatic carbocycles. The lowest BCUT2D eigenvalue weighted by molar-refractivity contribution is 0.191. The fourth-order valence-electron chi connectivity index (χ4n) is 3.24. The molecule has 0 spiro atoms. The van der Waals surface area contributed by atoms with Crippen LogP contribution in [0, 0.1) is 5.92 Å². The highest BCUT2D eigenvalue weighted by Crippen LogP contribution is 2.21. The fourth-order valence-corrected chi connectivity index (χ4v) is 3.24. The molecule has 1 fully saturated rings. The minimum atomic E-state index is 0.259. The van der Waals surface area contributed by atoms with Gasteiger partial charge in [-0.2, -0.15) is 5.10 Å². The van der Waals surface area contributed by atoms with Crippen molar-refractivity contribution >= 4 is 0 Å². The zero-order valence-electron chi connectivity index (χ0n) is 11.9. The molecule has 0 saturated carbocycles. The zero-order chi connectivity index (χ0) is 13.2. The second-order valence-electron chi connectivity index (χ2n) is 6.01. The van der Waals surface area contributed by atoms with Gasteiger partial charge in [0.1, 0.15) is 5.82 Å². The van der Waals surface area contributed by atoms with E-state index in [2.05, 4.69) is 16.9 Å². The van der Waals surface area contributed by atoms with E-state index < -0.39 is 0 Å². The second kappa shape index (κ2) is 5.59. The Morgan fingerprint density at radius 3 is 2.79 bits per heavy atom. The maximum absolute atomic E-state index is 5.98. The van der Waals surface area contributed by atoms with E-state index in [1.54, 1.807) is 0 Å². The minimum absolute atomic E-state index is 0.259. The van der Waals surface area contributed by atoms with Crippen LogP contribution in [0.4, 0.5) is 0 Å². The quantitative estimate of drug-likeness (QED) is 0.877. The lowest BCUT2D eigenvalue weighted by atomic mass is 9.93. The molecule has 0 bridgehead atoms. The third-order valence-corrected chi connectivity index (χ3v) is 4.56. The predicted octanol–water partition coefficient (Wildman–Crippen LogP) is 0.826. The van der Waals surface area contributed by atoms with E-state index in [9.17, 15) is 0 Å². The first-order valence-corrected chi connectivity index (χ1v) is 7.65. The molecule has 2 N–H and O–H groups in total. The van der Waals surface area contributed by atoms with Gasteiger partial charge in [0.05, 0.1) is 6.54 Å². The zero-order valence-corrected chi connectivity index (χ0v) is 11.9. The van der Waals surface area contributed by atoms with Gasteiger partial charge >= 0.3 is 0 Å². The van der Waals surface area contributed by atoms with Gasteiger partial charge in [0.2, 0.25) is 0 Å².